The first-order valence-corrected chi connectivity index (χ1v) is 13.1. The molecule has 0 aromatic carbocycles. The second-order valence-corrected chi connectivity index (χ2v) is 7.29. The number of halogens is 14. The first-order valence-electron chi connectivity index (χ1n) is 5.65. The molecule has 176 valence electrons. The SMILES string of the molecule is CCOC(C)=O.ClCCl.ClCCl.ClCCl.ClCCl.ClCCl.ClCCl.ClCCl. The molecule has 2 nitrogen and oxygen atoms in total. The Bertz CT molecular complexity index is 129. The molecule has 0 radical (unpaired) electrons. The predicted octanol–water partition coefficient (Wildman–Crippen LogP) is 10.5. The lowest BCUT2D eigenvalue weighted by molar-refractivity contribution is -0.140. The van der Waals surface area contributed by atoms with Crippen LogP contribution in [0.2, 0.25) is 0 Å². The molecule has 0 spiro atoms. The van der Waals surface area contributed by atoms with Crippen LogP contribution in [0, 0.1) is 0 Å². The summed E-state index contributed by atoms with van der Waals surface area (Å²) in [6.07, 6.45) is 0. The molecule has 27 heavy (non-hydrogen) atoms. The quantitative estimate of drug-likeness (QED) is 0.203. The van der Waals surface area contributed by atoms with E-state index < -0.39 is 0 Å². The van der Waals surface area contributed by atoms with Crippen LogP contribution in [0.1, 0.15) is 13.8 Å². The molecule has 0 heterocycles. The molecule has 0 amide bonds. The average Bonchev–Trinajstić information content (AvgIpc) is 2.52. The van der Waals surface area contributed by atoms with E-state index in [1.165, 1.54) is 6.92 Å². The number of carbonyl (C=O) groups excluding carboxylic acids is 1. The Hall–Kier alpha value is 3.53. The summed E-state index contributed by atoms with van der Waals surface area (Å²) in [7, 11) is 0. The van der Waals surface area contributed by atoms with Crippen molar-refractivity contribution in [3.8, 4) is 0 Å². The molecule has 0 aliphatic carbocycles. The standard InChI is InChI=1S/C4H8O2.7CH2Cl2/c1-3-6-4(2)5;7*2-1-3/h3H2,1-2H3;7*1H2. The van der Waals surface area contributed by atoms with Crippen molar-refractivity contribution in [1.82, 2.24) is 0 Å². The van der Waals surface area contributed by atoms with Gasteiger partial charge in [0.15, 0.2) is 0 Å². The minimum absolute atomic E-state index is 0.194. The third kappa shape index (κ3) is 525. The fourth-order valence-corrected chi connectivity index (χ4v) is 0.203. The normalized spacial score (nSPS) is 6.37. The molecule has 0 aromatic heterocycles. The van der Waals surface area contributed by atoms with Gasteiger partial charge in [-0.2, -0.15) is 0 Å². The maximum absolute atomic E-state index is 9.82. The second-order valence-electron chi connectivity index (χ2n) is 1.63. The number of carbonyl (C=O) groups is 1. The zero-order valence-electron chi connectivity index (χ0n) is 14.3. The first kappa shape index (κ1) is 52.4. The molecule has 16 heteroatoms. The maximum atomic E-state index is 9.82. The molecule has 0 bridgehead atoms. The highest BCUT2D eigenvalue weighted by molar-refractivity contribution is 6.42. The Kier molecular flexibility index (Phi) is 194. The Morgan fingerprint density at radius 2 is 0.630 bits per heavy atom. The topological polar surface area (TPSA) is 26.3 Å². The monoisotopic (exact) mass is 676 g/mol. The zero-order chi connectivity index (χ0) is 23.9. The highest BCUT2D eigenvalue weighted by atomic mass is 35.6. The van der Waals surface area contributed by atoms with Crippen LogP contribution >= 0.6 is 162 Å². The fourth-order valence-electron chi connectivity index (χ4n) is 0.203. The van der Waals surface area contributed by atoms with Crippen molar-refractivity contribution in [3.63, 3.8) is 0 Å². The van der Waals surface area contributed by atoms with Crippen LogP contribution in [0.3, 0.4) is 0 Å². The molecule has 0 atom stereocenters. The highest BCUT2D eigenvalue weighted by Gasteiger charge is 1.81. The van der Waals surface area contributed by atoms with E-state index in [2.05, 4.69) is 4.74 Å². The van der Waals surface area contributed by atoms with Gasteiger partial charge in [-0.3, -0.25) is 4.79 Å². The molecule has 0 saturated carbocycles. The molecule has 0 N–H and O–H groups in total. The van der Waals surface area contributed by atoms with Crippen molar-refractivity contribution < 1.29 is 9.53 Å². The largest absolute Gasteiger partial charge is 0.466 e. The van der Waals surface area contributed by atoms with Crippen LogP contribution in [-0.2, 0) is 9.53 Å². The maximum Gasteiger partial charge on any atom is 0.302 e. The van der Waals surface area contributed by atoms with Gasteiger partial charge in [0.05, 0.1) is 44.0 Å². The smallest absolute Gasteiger partial charge is 0.302 e. The number of hydrogen-bond donors (Lipinski definition) is 0. The summed E-state index contributed by atoms with van der Waals surface area (Å²) in [6.45, 7) is 3.65. The van der Waals surface area contributed by atoms with Gasteiger partial charge in [-0.1, -0.05) is 0 Å². The van der Waals surface area contributed by atoms with Gasteiger partial charge in [0.25, 0.3) is 0 Å². The van der Waals surface area contributed by atoms with E-state index in [0.717, 1.165) is 0 Å². The third-order valence-electron chi connectivity index (χ3n) is 0.348. The van der Waals surface area contributed by atoms with Crippen molar-refractivity contribution in [3.05, 3.63) is 0 Å². The molecule has 0 fully saturated rings. The molecular weight excluding hydrogens is 660 g/mol. The summed E-state index contributed by atoms with van der Waals surface area (Å²) in [6, 6.07) is 0. The van der Waals surface area contributed by atoms with Gasteiger partial charge in [-0.05, 0) is 6.92 Å². The van der Waals surface area contributed by atoms with E-state index in [9.17, 15) is 4.79 Å². The van der Waals surface area contributed by atoms with Crippen molar-refractivity contribution in [2.75, 3.05) is 44.0 Å². The van der Waals surface area contributed by atoms with Crippen molar-refractivity contribution in [2.24, 2.45) is 0 Å². The van der Waals surface area contributed by atoms with Crippen molar-refractivity contribution in [2.45, 2.75) is 13.8 Å². The summed E-state index contributed by atoms with van der Waals surface area (Å²) in [5, 5.41) is 1.36. The molecule has 0 saturated heterocycles. The Morgan fingerprint density at radius 3 is 0.630 bits per heavy atom. The summed E-state index contributed by atoms with van der Waals surface area (Å²) >= 11 is 66.7. The van der Waals surface area contributed by atoms with Crippen LogP contribution in [0.15, 0.2) is 0 Å². The predicted molar refractivity (Wildman–Crippen MR) is 138 cm³/mol. The van der Waals surface area contributed by atoms with Crippen LogP contribution < -0.4 is 0 Å². The van der Waals surface area contributed by atoms with E-state index >= 15 is 0 Å². The molecule has 0 aliphatic rings. The number of hydrogen-bond acceptors (Lipinski definition) is 2. The lowest BCUT2D eigenvalue weighted by Crippen LogP contribution is -1.95. The van der Waals surface area contributed by atoms with Gasteiger partial charge >= 0.3 is 5.97 Å². The zero-order valence-corrected chi connectivity index (χ0v) is 24.8. The van der Waals surface area contributed by atoms with Gasteiger partial charge in [0.2, 0.25) is 0 Å². The molecule has 0 aromatic rings. The lowest BCUT2D eigenvalue weighted by atomic mass is 10.8. The minimum atomic E-state index is -0.211. The Labute approximate surface area is 233 Å². The van der Waals surface area contributed by atoms with Crippen LogP contribution in [0.25, 0.3) is 0 Å². The van der Waals surface area contributed by atoms with Gasteiger partial charge in [-0.25, -0.2) is 0 Å². The average molecular weight is 683 g/mol. The number of rotatable bonds is 1. The molecular formula is C11H22Cl14O2. The molecule has 0 rings (SSSR count). The number of esters is 1. The summed E-state index contributed by atoms with van der Waals surface area (Å²) in [4.78, 5) is 9.82. The number of alkyl halides is 14. The Morgan fingerprint density at radius 1 is 0.519 bits per heavy atom. The fraction of sp³-hybridized carbons (Fsp3) is 0.909. The van der Waals surface area contributed by atoms with E-state index in [1.807, 2.05) is 0 Å². The second kappa shape index (κ2) is 99.7. The van der Waals surface area contributed by atoms with E-state index in [4.69, 9.17) is 162 Å². The van der Waals surface area contributed by atoms with Crippen molar-refractivity contribution in [1.29, 1.82) is 0 Å². The van der Waals surface area contributed by atoms with Gasteiger partial charge < -0.3 is 4.74 Å². The van der Waals surface area contributed by atoms with Crippen LogP contribution in [0.4, 0.5) is 0 Å². The van der Waals surface area contributed by atoms with Crippen molar-refractivity contribution >= 4 is 168 Å². The van der Waals surface area contributed by atoms with Gasteiger partial charge in [0, 0.05) is 6.92 Å². The van der Waals surface area contributed by atoms with E-state index in [1.54, 1.807) is 6.92 Å². The molecule has 0 aliphatic heterocycles. The van der Waals surface area contributed by atoms with Crippen LogP contribution in [-0.4, -0.2) is 50.0 Å². The van der Waals surface area contributed by atoms with E-state index in [-0.39, 0.29) is 43.3 Å². The lowest BCUT2D eigenvalue weighted by Gasteiger charge is -1.89. The summed E-state index contributed by atoms with van der Waals surface area (Å²) in [5.41, 5.74) is 0. The molecule has 0 unspecified atom stereocenters. The number of ether oxygens (including phenoxy) is 1. The van der Waals surface area contributed by atoms with E-state index in [0.29, 0.717) is 6.61 Å². The Balaban J connectivity index is -0.0000000260. The van der Waals surface area contributed by atoms with Gasteiger partial charge in [-0.15, -0.1) is 162 Å². The van der Waals surface area contributed by atoms with Gasteiger partial charge in [0.1, 0.15) is 0 Å². The van der Waals surface area contributed by atoms with Crippen LogP contribution in [0.5, 0.6) is 0 Å². The third-order valence-corrected chi connectivity index (χ3v) is 0.348. The highest BCUT2D eigenvalue weighted by Crippen LogP contribution is 1.75. The summed E-state index contributed by atoms with van der Waals surface area (Å²) in [5.74, 6) is -0.211. The summed E-state index contributed by atoms with van der Waals surface area (Å²) < 4.78 is 4.40. The minimum Gasteiger partial charge on any atom is -0.466 e. The first-order chi connectivity index (χ1) is 12.7.